The lowest BCUT2D eigenvalue weighted by Crippen LogP contribution is -2.24. The molecule has 28 heavy (non-hydrogen) atoms. The molecule has 0 saturated carbocycles. The lowest BCUT2D eigenvalue weighted by Gasteiger charge is -2.19. The molecule has 2 N–H and O–H groups in total. The van der Waals surface area contributed by atoms with Crippen LogP contribution in [0, 0.1) is 0 Å². The van der Waals surface area contributed by atoms with Crippen molar-refractivity contribution in [1.82, 2.24) is 9.97 Å². The van der Waals surface area contributed by atoms with Gasteiger partial charge in [0.15, 0.2) is 16.7 Å². The Morgan fingerprint density at radius 2 is 2.04 bits per heavy atom. The molecular formula is C18H19N3O6S. The molecule has 148 valence electrons. The van der Waals surface area contributed by atoms with Crippen LogP contribution in [0.1, 0.15) is 12.6 Å². The number of esters is 1. The number of carbonyl (C=O) groups is 2. The van der Waals surface area contributed by atoms with Gasteiger partial charge in [-0.15, -0.1) is 0 Å². The topological polar surface area (TPSA) is 120 Å². The highest BCUT2D eigenvalue weighted by Crippen LogP contribution is 2.33. The van der Waals surface area contributed by atoms with Crippen LogP contribution in [-0.4, -0.2) is 47.4 Å². The number of ether oxygens (including phenoxy) is 3. The van der Waals surface area contributed by atoms with Gasteiger partial charge in [0.1, 0.15) is 13.2 Å². The van der Waals surface area contributed by atoms with E-state index >= 15 is 0 Å². The van der Waals surface area contributed by atoms with E-state index in [4.69, 9.17) is 9.47 Å². The quantitative estimate of drug-likeness (QED) is 0.420. The Bertz CT molecular complexity index is 945. The first-order valence-electron chi connectivity index (χ1n) is 8.49. The van der Waals surface area contributed by atoms with Crippen LogP contribution in [-0.2, 0) is 20.7 Å². The summed E-state index contributed by atoms with van der Waals surface area (Å²) in [6, 6.07) is 6.37. The second-order valence-electron chi connectivity index (χ2n) is 5.90. The number of H-pyrrole nitrogens is 1. The minimum atomic E-state index is -0.551. The molecule has 0 radical (unpaired) electrons. The molecule has 1 unspecified atom stereocenters. The van der Waals surface area contributed by atoms with E-state index in [0.29, 0.717) is 30.4 Å². The number of amides is 1. The largest absolute Gasteiger partial charge is 0.486 e. The maximum Gasteiger partial charge on any atom is 0.311 e. The molecule has 1 aromatic heterocycles. The highest BCUT2D eigenvalue weighted by Gasteiger charge is 2.19. The summed E-state index contributed by atoms with van der Waals surface area (Å²) in [6.07, 6.45) is -0.119. The van der Waals surface area contributed by atoms with Crippen LogP contribution in [0.2, 0.25) is 0 Å². The minimum Gasteiger partial charge on any atom is -0.486 e. The second-order valence-corrected chi connectivity index (χ2v) is 7.23. The van der Waals surface area contributed by atoms with Crippen LogP contribution in [0.4, 0.5) is 5.69 Å². The fourth-order valence-electron chi connectivity index (χ4n) is 2.44. The number of benzene rings is 1. The summed E-state index contributed by atoms with van der Waals surface area (Å²) < 4.78 is 15.5. The van der Waals surface area contributed by atoms with E-state index in [9.17, 15) is 14.4 Å². The number of hydrogen-bond acceptors (Lipinski definition) is 8. The van der Waals surface area contributed by atoms with Gasteiger partial charge in [0, 0.05) is 17.8 Å². The second kappa shape index (κ2) is 8.79. The third-order valence-corrected chi connectivity index (χ3v) is 4.78. The Morgan fingerprint density at radius 3 is 2.79 bits per heavy atom. The van der Waals surface area contributed by atoms with Gasteiger partial charge in [-0.3, -0.25) is 14.4 Å². The summed E-state index contributed by atoms with van der Waals surface area (Å²) in [4.78, 5) is 42.4. The Morgan fingerprint density at radius 1 is 1.29 bits per heavy atom. The zero-order valence-electron chi connectivity index (χ0n) is 15.3. The van der Waals surface area contributed by atoms with Gasteiger partial charge < -0.3 is 24.5 Å². The van der Waals surface area contributed by atoms with Crippen molar-refractivity contribution < 1.29 is 23.8 Å². The Hall–Kier alpha value is -3.01. The third-order valence-electron chi connectivity index (χ3n) is 3.79. The van der Waals surface area contributed by atoms with Crippen LogP contribution < -0.4 is 20.3 Å². The first-order valence-corrected chi connectivity index (χ1v) is 9.37. The first kappa shape index (κ1) is 19.7. The molecule has 0 spiro atoms. The predicted molar refractivity (Wildman–Crippen MR) is 102 cm³/mol. The number of hydrogen-bond donors (Lipinski definition) is 2. The van der Waals surface area contributed by atoms with Crippen LogP contribution in [0.5, 0.6) is 11.5 Å². The van der Waals surface area contributed by atoms with E-state index < -0.39 is 16.8 Å². The average molecular weight is 405 g/mol. The van der Waals surface area contributed by atoms with Crippen molar-refractivity contribution in [3.05, 3.63) is 40.3 Å². The van der Waals surface area contributed by atoms with Crippen LogP contribution in [0.15, 0.2) is 34.2 Å². The highest BCUT2D eigenvalue weighted by molar-refractivity contribution is 8.00. The monoisotopic (exact) mass is 405 g/mol. The van der Waals surface area contributed by atoms with Gasteiger partial charge in [-0.2, -0.15) is 0 Å². The molecule has 1 aromatic carbocycles. The molecule has 1 aliphatic rings. The smallest absolute Gasteiger partial charge is 0.311 e. The molecule has 0 aliphatic carbocycles. The minimum absolute atomic E-state index is 0.119. The number of nitrogens with zero attached hydrogens (tertiary/aromatic N) is 1. The molecule has 1 aliphatic heterocycles. The van der Waals surface area contributed by atoms with Crippen molar-refractivity contribution in [3.8, 4) is 11.5 Å². The number of rotatable bonds is 6. The summed E-state index contributed by atoms with van der Waals surface area (Å²) in [5, 5.41) is 2.49. The van der Waals surface area contributed by atoms with Crippen LogP contribution >= 0.6 is 11.8 Å². The van der Waals surface area contributed by atoms with Gasteiger partial charge in [-0.25, -0.2) is 4.98 Å². The molecule has 2 heterocycles. The molecular weight excluding hydrogens is 386 g/mol. The molecule has 1 amide bonds. The number of carbonyl (C=O) groups excluding carboxylic acids is 2. The van der Waals surface area contributed by atoms with Crippen molar-refractivity contribution in [1.29, 1.82) is 0 Å². The summed E-state index contributed by atoms with van der Waals surface area (Å²) >= 11 is 1.08. The van der Waals surface area contributed by atoms with Crippen molar-refractivity contribution in [2.75, 3.05) is 25.6 Å². The first-order chi connectivity index (χ1) is 13.4. The standard InChI is InChI=1S/C18H19N3O6S/c1-10(28-18-20-12(8-15(22)21-18)9-16(23)25-2)17(24)19-11-3-4-13-14(7-11)27-6-5-26-13/h3-4,7-8,10H,5-6,9H2,1-2H3,(H,19,24)(H,20,21,22). The molecule has 0 saturated heterocycles. The molecule has 0 bridgehead atoms. The van der Waals surface area contributed by atoms with Crippen LogP contribution in [0.25, 0.3) is 0 Å². The van der Waals surface area contributed by atoms with E-state index in [1.54, 1.807) is 25.1 Å². The van der Waals surface area contributed by atoms with Gasteiger partial charge in [-0.05, 0) is 19.1 Å². The summed E-state index contributed by atoms with van der Waals surface area (Å²) in [5.74, 6) is 0.433. The number of methoxy groups -OCH3 is 1. The molecule has 3 rings (SSSR count). The lowest BCUT2D eigenvalue weighted by molar-refractivity contribution is -0.139. The third kappa shape index (κ3) is 5.03. The molecule has 2 aromatic rings. The number of nitrogens with one attached hydrogen (secondary N) is 2. The fraction of sp³-hybridized carbons (Fsp3) is 0.333. The molecule has 10 heteroatoms. The Labute approximate surface area is 164 Å². The van der Waals surface area contributed by atoms with Gasteiger partial charge >= 0.3 is 5.97 Å². The number of aromatic nitrogens is 2. The Balaban J connectivity index is 1.65. The van der Waals surface area contributed by atoms with Crippen molar-refractivity contribution in [2.45, 2.75) is 23.8 Å². The van der Waals surface area contributed by atoms with Gasteiger partial charge in [-0.1, -0.05) is 11.8 Å². The lowest BCUT2D eigenvalue weighted by atomic mass is 10.2. The van der Waals surface area contributed by atoms with Crippen LogP contribution in [0.3, 0.4) is 0 Å². The van der Waals surface area contributed by atoms with E-state index in [1.165, 1.54) is 13.2 Å². The zero-order valence-corrected chi connectivity index (χ0v) is 16.1. The summed E-state index contributed by atoms with van der Waals surface area (Å²) in [6.45, 7) is 2.63. The maximum atomic E-state index is 12.5. The molecule has 1 atom stereocenters. The summed E-state index contributed by atoms with van der Waals surface area (Å²) in [5.41, 5.74) is 0.441. The van der Waals surface area contributed by atoms with Gasteiger partial charge in [0.2, 0.25) is 5.91 Å². The summed E-state index contributed by atoms with van der Waals surface area (Å²) in [7, 11) is 1.26. The van der Waals surface area contributed by atoms with Crippen molar-refractivity contribution >= 4 is 29.3 Å². The number of anilines is 1. The highest BCUT2D eigenvalue weighted by atomic mass is 32.2. The van der Waals surface area contributed by atoms with Crippen molar-refractivity contribution in [2.24, 2.45) is 0 Å². The van der Waals surface area contributed by atoms with Crippen molar-refractivity contribution in [3.63, 3.8) is 0 Å². The Kier molecular flexibility index (Phi) is 6.19. The number of aromatic amines is 1. The van der Waals surface area contributed by atoms with Gasteiger partial charge in [0.25, 0.3) is 5.56 Å². The average Bonchev–Trinajstić information content (AvgIpc) is 2.67. The fourth-order valence-corrected chi connectivity index (χ4v) is 3.27. The SMILES string of the molecule is COC(=O)Cc1cc(=O)[nH]c(SC(C)C(=O)Nc2ccc3c(c2)OCCO3)n1. The normalized spacial score (nSPS) is 13.5. The maximum absolute atomic E-state index is 12.5. The number of thioether (sulfide) groups is 1. The van der Waals surface area contributed by atoms with E-state index in [-0.39, 0.29) is 23.2 Å². The van der Waals surface area contributed by atoms with E-state index in [2.05, 4.69) is 20.0 Å². The van der Waals surface area contributed by atoms with Gasteiger partial charge in [0.05, 0.1) is 24.5 Å². The number of fused-ring (bicyclic) bond motifs is 1. The molecule has 0 fully saturated rings. The molecule has 9 nitrogen and oxygen atoms in total. The van der Waals surface area contributed by atoms with E-state index in [0.717, 1.165) is 11.8 Å². The zero-order chi connectivity index (χ0) is 20.1. The predicted octanol–water partition coefficient (Wildman–Crippen LogP) is 1.38. The van der Waals surface area contributed by atoms with E-state index in [1.807, 2.05) is 0 Å².